The van der Waals surface area contributed by atoms with E-state index in [1.807, 2.05) is 6.92 Å². The van der Waals surface area contributed by atoms with Crippen LogP contribution in [-0.4, -0.2) is 13.9 Å². The van der Waals surface area contributed by atoms with E-state index >= 15 is 0 Å². The number of ketones is 1. The van der Waals surface area contributed by atoms with E-state index in [-0.39, 0.29) is 0 Å². The van der Waals surface area contributed by atoms with Gasteiger partial charge in [0.2, 0.25) is 0 Å². The van der Waals surface area contributed by atoms with Crippen LogP contribution in [0.15, 0.2) is 0 Å². The second-order valence-electron chi connectivity index (χ2n) is 3.63. The molecule has 1 nitrogen and oxygen atoms in total. The van der Waals surface area contributed by atoms with E-state index in [0.29, 0.717) is 12.2 Å². The zero-order chi connectivity index (χ0) is 7.49. The quantitative estimate of drug-likeness (QED) is 0.555. The molecule has 0 amide bonds. The molecule has 0 aromatic carbocycles. The van der Waals surface area contributed by atoms with E-state index in [0.717, 1.165) is 6.04 Å². The largest absolute Gasteiger partial charge is 0.300 e. The normalized spacial score (nSPS) is 11.6. The summed E-state index contributed by atoms with van der Waals surface area (Å²) in [5, 5.41) is 0. The summed E-state index contributed by atoms with van der Waals surface area (Å²) >= 11 is 0. The van der Waals surface area contributed by atoms with Gasteiger partial charge in [0.1, 0.15) is 5.78 Å². The van der Waals surface area contributed by atoms with E-state index in [1.165, 1.54) is 0 Å². The average Bonchev–Trinajstić information content (AvgIpc) is 1.62. The summed E-state index contributed by atoms with van der Waals surface area (Å²) in [5.74, 6) is 0.425. The van der Waals surface area contributed by atoms with Gasteiger partial charge in [-0.15, -0.1) is 0 Å². The smallest absolute Gasteiger partial charge is 0.129 e. The Bertz CT molecular complexity index is 102. The Morgan fingerprint density at radius 1 is 1.33 bits per heavy atom. The first kappa shape index (κ1) is 8.89. The lowest BCUT2D eigenvalue weighted by atomic mass is 10.4. The van der Waals surface area contributed by atoms with Crippen LogP contribution in [0, 0.1) is 0 Å². The Kier molecular flexibility index (Phi) is 3.12. The Morgan fingerprint density at radius 2 is 1.78 bits per heavy atom. The van der Waals surface area contributed by atoms with E-state index in [2.05, 4.69) is 19.6 Å². The number of hydrogen-bond acceptors (Lipinski definition) is 1. The topological polar surface area (TPSA) is 17.1 Å². The van der Waals surface area contributed by atoms with Crippen molar-refractivity contribution in [1.82, 2.24) is 0 Å². The molecule has 0 bridgehead atoms. The third-order valence-electron chi connectivity index (χ3n) is 1.12. The van der Waals surface area contributed by atoms with Gasteiger partial charge in [0.05, 0.1) is 8.07 Å². The fourth-order valence-corrected chi connectivity index (χ4v) is 2.15. The van der Waals surface area contributed by atoms with Gasteiger partial charge in [0.15, 0.2) is 0 Å². The van der Waals surface area contributed by atoms with Crippen LogP contribution in [0.3, 0.4) is 0 Å². The molecule has 0 aliphatic carbocycles. The second kappa shape index (κ2) is 3.16. The van der Waals surface area contributed by atoms with Crippen molar-refractivity contribution in [2.75, 3.05) is 0 Å². The fraction of sp³-hybridized carbons (Fsp3) is 0.857. The molecule has 0 atom stereocenters. The number of Topliss-reactive ketones (excluding diaryl/α,β-unsaturated/α-hetero) is 1. The van der Waals surface area contributed by atoms with Crippen LogP contribution in [-0.2, 0) is 4.79 Å². The molecule has 0 aliphatic heterocycles. The molecule has 0 aliphatic rings. The molecule has 0 radical (unpaired) electrons. The minimum Gasteiger partial charge on any atom is -0.300 e. The van der Waals surface area contributed by atoms with Crippen LogP contribution in [0.5, 0.6) is 0 Å². The molecule has 2 heteroatoms. The lowest BCUT2D eigenvalue weighted by Gasteiger charge is -2.12. The van der Waals surface area contributed by atoms with Crippen molar-refractivity contribution in [3.05, 3.63) is 0 Å². The van der Waals surface area contributed by atoms with Crippen molar-refractivity contribution in [1.29, 1.82) is 0 Å². The van der Waals surface area contributed by atoms with Crippen LogP contribution in [0.2, 0.25) is 25.7 Å². The Morgan fingerprint density at radius 3 is 1.89 bits per heavy atom. The summed E-state index contributed by atoms with van der Waals surface area (Å²) in [6, 6.07) is 0.851. The molecule has 0 spiro atoms. The van der Waals surface area contributed by atoms with E-state index in [9.17, 15) is 4.79 Å². The molecule has 0 saturated carbocycles. The maximum absolute atomic E-state index is 10.9. The van der Waals surface area contributed by atoms with Gasteiger partial charge < -0.3 is 4.79 Å². The maximum Gasteiger partial charge on any atom is 0.129 e. The van der Waals surface area contributed by atoms with E-state index < -0.39 is 8.07 Å². The summed E-state index contributed by atoms with van der Waals surface area (Å²) in [6.45, 7) is 8.60. The highest BCUT2D eigenvalue weighted by Crippen LogP contribution is 2.09. The molecule has 0 N–H and O–H groups in total. The molecule has 0 heterocycles. The maximum atomic E-state index is 10.9. The van der Waals surface area contributed by atoms with Crippen molar-refractivity contribution >= 4 is 13.9 Å². The first-order valence-electron chi connectivity index (χ1n) is 3.47. The third-order valence-corrected chi connectivity index (χ3v) is 2.58. The molecule has 0 saturated heterocycles. The molecule has 9 heavy (non-hydrogen) atoms. The number of carbonyl (C=O) groups is 1. The predicted molar refractivity (Wildman–Crippen MR) is 43.5 cm³/mol. The van der Waals surface area contributed by atoms with Crippen LogP contribution in [0.4, 0.5) is 0 Å². The van der Waals surface area contributed by atoms with Crippen LogP contribution in [0.25, 0.3) is 0 Å². The van der Waals surface area contributed by atoms with Gasteiger partial charge in [-0.1, -0.05) is 26.6 Å². The van der Waals surface area contributed by atoms with Crippen molar-refractivity contribution in [2.45, 2.75) is 39.0 Å². The molecule has 0 fully saturated rings. The summed E-state index contributed by atoms with van der Waals surface area (Å²) in [5.41, 5.74) is 0. The Balaban J connectivity index is 3.60. The summed E-state index contributed by atoms with van der Waals surface area (Å²) in [7, 11) is -1.09. The first-order valence-corrected chi connectivity index (χ1v) is 7.18. The zero-order valence-electron chi connectivity index (χ0n) is 6.82. The zero-order valence-corrected chi connectivity index (χ0v) is 7.82. The highest BCUT2D eigenvalue weighted by Gasteiger charge is 2.16. The minimum atomic E-state index is -1.09. The summed E-state index contributed by atoms with van der Waals surface area (Å²) in [6.07, 6.45) is 0.713. The van der Waals surface area contributed by atoms with Crippen molar-refractivity contribution < 1.29 is 4.79 Å². The average molecular weight is 144 g/mol. The van der Waals surface area contributed by atoms with Crippen LogP contribution in [0.1, 0.15) is 13.3 Å². The monoisotopic (exact) mass is 144 g/mol. The fourth-order valence-electron chi connectivity index (χ4n) is 0.717. The molecular weight excluding hydrogens is 128 g/mol. The highest BCUT2D eigenvalue weighted by atomic mass is 28.3. The van der Waals surface area contributed by atoms with Gasteiger partial charge in [0, 0.05) is 12.5 Å². The number of rotatable bonds is 3. The molecule has 0 aromatic rings. The minimum absolute atomic E-state index is 0.425. The van der Waals surface area contributed by atoms with Crippen molar-refractivity contribution in [3.63, 3.8) is 0 Å². The molecule has 0 rings (SSSR count). The lowest BCUT2D eigenvalue weighted by molar-refractivity contribution is -0.116. The molecule has 0 aromatic heterocycles. The van der Waals surface area contributed by atoms with Crippen LogP contribution >= 0.6 is 0 Å². The van der Waals surface area contributed by atoms with Gasteiger partial charge in [-0.2, -0.15) is 0 Å². The SMILES string of the molecule is CCC(=O)C[Si](C)(C)C. The third kappa shape index (κ3) is 5.76. The van der Waals surface area contributed by atoms with Crippen molar-refractivity contribution in [3.8, 4) is 0 Å². The van der Waals surface area contributed by atoms with Crippen LogP contribution < -0.4 is 0 Å². The van der Waals surface area contributed by atoms with E-state index in [4.69, 9.17) is 0 Å². The molecule has 54 valence electrons. The second-order valence-corrected chi connectivity index (χ2v) is 9.10. The van der Waals surface area contributed by atoms with Gasteiger partial charge >= 0.3 is 0 Å². The Labute approximate surface area is 58.5 Å². The lowest BCUT2D eigenvalue weighted by Crippen LogP contribution is -2.23. The summed E-state index contributed by atoms with van der Waals surface area (Å²) < 4.78 is 0. The predicted octanol–water partition coefficient (Wildman–Crippen LogP) is 2.30. The van der Waals surface area contributed by atoms with E-state index in [1.54, 1.807) is 0 Å². The van der Waals surface area contributed by atoms with Gasteiger partial charge in [-0.05, 0) is 0 Å². The number of hydrogen-bond donors (Lipinski definition) is 0. The van der Waals surface area contributed by atoms with Gasteiger partial charge in [-0.3, -0.25) is 0 Å². The highest BCUT2D eigenvalue weighted by molar-refractivity contribution is 6.78. The van der Waals surface area contributed by atoms with Gasteiger partial charge in [0.25, 0.3) is 0 Å². The van der Waals surface area contributed by atoms with Crippen molar-refractivity contribution in [2.24, 2.45) is 0 Å². The number of carbonyl (C=O) groups excluding carboxylic acids is 1. The Hall–Kier alpha value is -0.113. The van der Waals surface area contributed by atoms with Gasteiger partial charge in [-0.25, -0.2) is 0 Å². The first-order chi connectivity index (χ1) is 3.95. The standard InChI is InChI=1S/C7H16OSi/c1-5-7(8)6-9(2,3)4/h5-6H2,1-4H3. The summed E-state index contributed by atoms with van der Waals surface area (Å²) in [4.78, 5) is 10.9. The molecule has 0 unspecified atom stereocenters. The molecular formula is C7H16OSi.